The first kappa shape index (κ1) is 26.9. The van der Waals surface area contributed by atoms with Crippen LogP contribution in [-0.4, -0.2) is 26.4 Å². The van der Waals surface area contributed by atoms with Gasteiger partial charge in [-0.05, 0) is 54.5 Å². The van der Waals surface area contributed by atoms with Crippen molar-refractivity contribution in [2.45, 2.75) is 56.2 Å². The third-order valence-corrected chi connectivity index (χ3v) is 7.48. The topological polar surface area (TPSA) is 119 Å². The Morgan fingerprint density at radius 3 is 2.31 bits per heavy atom. The zero-order valence-electron chi connectivity index (χ0n) is 19.1. The van der Waals surface area contributed by atoms with Crippen LogP contribution >= 0.6 is 0 Å². The normalized spacial score (nSPS) is 17.7. The van der Waals surface area contributed by atoms with Crippen LogP contribution in [0.15, 0.2) is 36.5 Å². The van der Waals surface area contributed by atoms with Gasteiger partial charge in [0.15, 0.2) is 0 Å². The number of amides is 1. The number of alkyl halides is 3. The van der Waals surface area contributed by atoms with E-state index in [0.29, 0.717) is 18.4 Å². The minimum absolute atomic E-state index is 0.0789. The monoisotopic (exact) mass is 516 g/mol. The minimum Gasteiger partial charge on any atom is -0.369 e. The molecule has 2 aromatic rings. The fraction of sp³-hybridized carbons (Fsp3) is 0.478. The third-order valence-electron chi connectivity index (χ3n) is 6.78. The standard InChI is InChI=1S/C23H28F4N4O3S/c1-31(35(33)34)19-9-7-14(11-18(19)24)17(21(28)32)12-22(29,15-5-3-2-4-6-15)16-8-10-20(30-13-16)23(25,26)27/h7-11,13,15,17,35H,2-6,12,29H2,1H3,(H2,28,32). The van der Waals surface area contributed by atoms with E-state index < -0.39 is 45.9 Å². The lowest BCUT2D eigenvalue weighted by molar-refractivity contribution is -0.141. The van der Waals surface area contributed by atoms with Crippen molar-refractivity contribution in [2.75, 3.05) is 11.4 Å². The third kappa shape index (κ3) is 5.92. The van der Waals surface area contributed by atoms with Crippen molar-refractivity contribution >= 4 is 22.5 Å². The van der Waals surface area contributed by atoms with Gasteiger partial charge >= 0.3 is 6.18 Å². The van der Waals surface area contributed by atoms with Crippen LogP contribution in [0.4, 0.5) is 23.2 Å². The van der Waals surface area contributed by atoms with Crippen LogP contribution in [0.5, 0.6) is 0 Å². The number of thiol groups is 1. The van der Waals surface area contributed by atoms with Crippen molar-refractivity contribution in [3.05, 3.63) is 59.2 Å². The largest absolute Gasteiger partial charge is 0.433 e. The second kappa shape index (κ2) is 10.5. The molecule has 1 saturated carbocycles. The van der Waals surface area contributed by atoms with Gasteiger partial charge in [0.2, 0.25) is 16.8 Å². The predicted octanol–water partition coefficient (Wildman–Crippen LogP) is 3.60. The maximum Gasteiger partial charge on any atom is 0.433 e. The summed E-state index contributed by atoms with van der Waals surface area (Å²) >= 11 is 0. The smallest absolute Gasteiger partial charge is 0.369 e. The minimum atomic E-state index is -4.61. The highest BCUT2D eigenvalue weighted by Gasteiger charge is 2.42. The van der Waals surface area contributed by atoms with Crippen LogP contribution in [0.3, 0.4) is 0 Å². The number of hydrogen-bond acceptors (Lipinski definition) is 5. The highest BCUT2D eigenvalue weighted by molar-refractivity contribution is 7.74. The summed E-state index contributed by atoms with van der Waals surface area (Å²) in [5.41, 5.74) is 10.6. The number of halogens is 4. The van der Waals surface area contributed by atoms with E-state index in [1.807, 2.05) is 0 Å². The number of carbonyl (C=O) groups is 1. The number of aromatic nitrogens is 1. The highest BCUT2D eigenvalue weighted by atomic mass is 32.2. The fourth-order valence-electron chi connectivity index (χ4n) is 4.79. The van der Waals surface area contributed by atoms with Crippen LogP contribution in [0.25, 0.3) is 0 Å². The highest BCUT2D eigenvalue weighted by Crippen LogP contribution is 2.44. The molecule has 1 amide bonds. The molecule has 2 atom stereocenters. The number of benzene rings is 1. The molecule has 0 aliphatic heterocycles. The van der Waals surface area contributed by atoms with Crippen molar-refractivity contribution in [3.63, 3.8) is 0 Å². The zero-order chi connectivity index (χ0) is 26.0. The van der Waals surface area contributed by atoms with Gasteiger partial charge in [-0.1, -0.05) is 31.4 Å². The first-order valence-electron chi connectivity index (χ1n) is 11.1. The molecular weight excluding hydrogens is 488 g/mol. The van der Waals surface area contributed by atoms with E-state index in [9.17, 15) is 30.8 Å². The summed E-state index contributed by atoms with van der Waals surface area (Å²) in [6.45, 7) is 0. The molecule has 0 saturated heterocycles. The Hall–Kier alpha value is -2.73. The number of nitrogens with zero attached hydrogens (tertiary/aromatic N) is 2. The molecule has 3 rings (SSSR count). The average Bonchev–Trinajstić information content (AvgIpc) is 2.81. The SMILES string of the molecule is CN(c1ccc(C(CC(N)(c2ccc(C(F)(F)F)nc2)C2CCCCC2)C(N)=O)cc1F)[SH](=O)=O. The van der Waals surface area contributed by atoms with E-state index in [1.54, 1.807) is 0 Å². The molecule has 0 bridgehead atoms. The Morgan fingerprint density at radius 2 is 1.83 bits per heavy atom. The Labute approximate surface area is 202 Å². The molecule has 1 aromatic heterocycles. The summed E-state index contributed by atoms with van der Waals surface area (Å²) in [4.78, 5) is 16.0. The van der Waals surface area contributed by atoms with E-state index in [0.717, 1.165) is 41.9 Å². The van der Waals surface area contributed by atoms with E-state index in [-0.39, 0.29) is 23.6 Å². The van der Waals surface area contributed by atoms with Crippen LogP contribution in [0, 0.1) is 11.7 Å². The molecule has 4 N–H and O–H groups in total. The molecule has 35 heavy (non-hydrogen) atoms. The quantitative estimate of drug-likeness (QED) is 0.366. The van der Waals surface area contributed by atoms with Crippen LogP contribution < -0.4 is 15.8 Å². The van der Waals surface area contributed by atoms with Crippen LogP contribution in [0.1, 0.15) is 61.3 Å². The molecule has 2 unspecified atom stereocenters. The van der Waals surface area contributed by atoms with E-state index in [4.69, 9.17) is 11.5 Å². The van der Waals surface area contributed by atoms with Crippen molar-refractivity contribution in [1.82, 2.24) is 4.98 Å². The first-order chi connectivity index (χ1) is 16.3. The molecule has 0 radical (unpaired) electrons. The van der Waals surface area contributed by atoms with Gasteiger partial charge in [0, 0.05) is 18.8 Å². The molecule has 12 heteroatoms. The number of carbonyl (C=O) groups excluding carboxylic acids is 1. The van der Waals surface area contributed by atoms with Crippen molar-refractivity contribution in [1.29, 1.82) is 0 Å². The Kier molecular flexibility index (Phi) is 8.05. The number of rotatable bonds is 8. The maximum atomic E-state index is 14.7. The van der Waals surface area contributed by atoms with Crippen molar-refractivity contribution in [2.24, 2.45) is 17.4 Å². The summed E-state index contributed by atoms with van der Waals surface area (Å²) < 4.78 is 77.1. The molecule has 0 spiro atoms. The zero-order valence-corrected chi connectivity index (χ0v) is 20.0. The fourth-order valence-corrected chi connectivity index (χ4v) is 5.12. The number of primary amides is 1. The summed E-state index contributed by atoms with van der Waals surface area (Å²) in [7, 11) is -1.89. The van der Waals surface area contributed by atoms with Gasteiger partial charge in [-0.3, -0.25) is 14.1 Å². The summed E-state index contributed by atoms with van der Waals surface area (Å²) in [5, 5.41) is 0. The molecule has 7 nitrogen and oxygen atoms in total. The predicted molar refractivity (Wildman–Crippen MR) is 123 cm³/mol. The summed E-state index contributed by atoms with van der Waals surface area (Å²) in [6, 6.07) is 5.78. The molecule has 192 valence electrons. The number of nitrogens with two attached hydrogens (primary N) is 2. The molecule has 1 heterocycles. The number of anilines is 1. The van der Waals surface area contributed by atoms with E-state index >= 15 is 0 Å². The van der Waals surface area contributed by atoms with Gasteiger partial charge in [0.1, 0.15) is 11.5 Å². The van der Waals surface area contributed by atoms with Crippen LogP contribution in [0.2, 0.25) is 0 Å². The number of pyridine rings is 1. The van der Waals surface area contributed by atoms with Gasteiger partial charge in [-0.2, -0.15) is 13.2 Å². The lowest BCUT2D eigenvalue weighted by Crippen LogP contribution is -2.47. The van der Waals surface area contributed by atoms with E-state index in [1.165, 1.54) is 25.2 Å². The van der Waals surface area contributed by atoms with Crippen LogP contribution in [-0.2, 0) is 27.4 Å². The maximum absolute atomic E-state index is 14.7. The summed E-state index contributed by atoms with van der Waals surface area (Å²) in [5.74, 6) is -2.88. The average molecular weight is 517 g/mol. The molecule has 1 aliphatic carbocycles. The van der Waals surface area contributed by atoms with Gasteiger partial charge in [-0.25, -0.2) is 12.8 Å². The Bertz CT molecular complexity index is 1130. The number of hydrogen-bond donors (Lipinski definition) is 3. The van der Waals surface area contributed by atoms with Gasteiger partial charge in [0.25, 0.3) is 0 Å². The van der Waals surface area contributed by atoms with Crippen molar-refractivity contribution < 1.29 is 30.8 Å². The molecular formula is C23H28F4N4O3S. The molecule has 1 aromatic carbocycles. The van der Waals surface area contributed by atoms with Gasteiger partial charge in [0.05, 0.1) is 11.6 Å². The lowest BCUT2D eigenvalue weighted by atomic mass is 9.67. The summed E-state index contributed by atoms with van der Waals surface area (Å²) in [6.07, 6.45) is 0.555. The van der Waals surface area contributed by atoms with Crippen molar-refractivity contribution in [3.8, 4) is 0 Å². The first-order valence-corrected chi connectivity index (χ1v) is 12.3. The second-order valence-corrected chi connectivity index (χ2v) is 10.0. The Morgan fingerprint density at radius 1 is 1.17 bits per heavy atom. The second-order valence-electron chi connectivity index (χ2n) is 8.94. The van der Waals surface area contributed by atoms with E-state index in [2.05, 4.69) is 4.98 Å². The lowest BCUT2D eigenvalue weighted by Gasteiger charge is -2.42. The Balaban J connectivity index is 2.03. The van der Waals surface area contributed by atoms with Gasteiger partial charge in [-0.15, -0.1) is 0 Å². The molecule has 1 aliphatic rings. The molecule has 1 fully saturated rings. The van der Waals surface area contributed by atoms with Gasteiger partial charge < -0.3 is 11.5 Å².